The molecule has 3 aromatic rings. The molecule has 2 aromatic heterocycles. The van der Waals surface area contributed by atoms with Gasteiger partial charge in [-0.25, -0.2) is 4.39 Å². The lowest BCUT2D eigenvalue weighted by Gasteiger charge is -2.33. The van der Waals surface area contributed by atoms with Crippen molar-refractivity contribution in [1.29, 1.82) is 0 Å². The number of aryl methyl sites for hydroxylation is 1. The van der Waals surface area contributed by atoms with Crippen LogP contribution in [0.3, 0.4) is 0 Å². The highest BCUT2D eigenvalue weighted by molar-refractivity contribution is 6.31. The number of nitrogens with zero attached hydrogens (tertiary/aromatic N) is 7. The molecule has 49 heavy (non-hydrogen) atoms. The van der Waals surface area contributed by atoms with Gasteiger partial charge >= 0.3 is 12.2 Å². The minimum atomic E-state index is -4.96. The first kappa shape index (κ1) is 33.5. The van der Waals surface area contributed by atoms with E-state index >= 15 is 4.39 Å². The number of aromatic nitrogens is 4. The lowest BCUT2D eigenvalue weighted by Crippen LogP contribution is -2.43. The molecule has 11 nitrogen and oxygen atoms in total. The molecule has 262 valence electrons. The predicted molar refractivity (Wildman–Crippen MR) is 173 cm³/mol. The van der Waals surface area contributed by atoms with Gasteiger partial charge in [0, 0.05) is 51.3 Å². The SMILES string of the molecule is C=C1CN2CCCC2(COc2nc3c(c(N4CCCn5nc(C(=O)N(C)C)cc5C4)n2)COC(c2c(F)c(N)cc(Cl)c2C(F)(F)F)C3)C1. The zero-order valence-corrected chi connectivity index (χ0v) is 28.0. The highest BCUT2D eigenvalue weighted by Crippen LogP contribution is 2.46. The minimum Gasteiger partial charge on any atom is -0.461 e. The van der Waals surface area contributed by atoms with E-state index in [4.69, 9.17) is 36.8 Å². The molecule has 0 spiro atoms. The third kappa shape index (κ3) is 6.09. The van der Waals surface area contributed by atoms with Gasteiger partial charge in [-0.2, -0.15) is 28.2 Å². The van der Waals surface area contributed by atoms with Crippen LogP contribution in [0.15, 0.2) is 24.3 Å². The molecule has 0 saturated carbocycles. The molecular formula is C33H37ClF4N8O3. The Hall–Kier alpha value is -3.95. The van der Waals surface area contributed by atoms with E-state index in [-0.39, 0.29) is 30.5 Å². The van der Waals surface area contributed by atoms with Crippen LogP contribution in [0.4, 0.5) is 29.1 Å². The second-order valence-corrected chi connectivity index (χ2v) is 13.9. The van der Waals surface area contributed by atoms with Gasteiger partial charge in [-0.3, -0.25) is 14.4 Å². The maximum atomic E-state index is 15.4. The summed E-state index contributed by atoms with van der Waals surface area (Å²) in [5, 5.41) is 3.81. The molecule has 1 amide bonds. The summed E-state index contributed by atoms with van der Waals surface area (Å²) in [6.07, 6.45) is -3.13. The van der Waals surface area contributed by atoms with Crippen LogP contribution in [-0.2, 0) is 37.0 Å². The fourth-order valence-corrected chi connectivity index (χ4v) is 7.95. The molecule has 0 bridgehead atoms. The number of amides is 1. The first-order chi connectivity index (χ1) is 23.2. The number of fused-ring (bicyclic) bond motifs is 3. The van der Waals surface area contributed by atoms with E-state index in [1.165, 1.54) is 4.90 Å². The van der Waals surface area contributed by atoms with E-state index in [0.717, 1.165) is 49.7 Å². The predicted octanol–water partition coefficient (Wildman–Crippen LogP) is 5.17. The Morgan fingerprint density at radius 3 is 2.76 bits per heavy atom. The van der Waals surface area contributed by atoms with Gasteiger partial charge in [0.25, 0.3) is 5.91 Å². The molecule has 4 aliphatic heterocycles. The Morgan fingerprint density at radius 2 is 2.00 bits per heavy atom. The maximum Gasteiger partial charge on any atom is 0.418 e. The zero-order chi connectivity index (χ0) is 34.8. The molecule has 0 aliphatic carbocycles. The van der Waals surface area contributed by atoms with E-state index in [1.807, 2.05) is 4.90 Å². The van der Waals surface area contributed by atoms with Crippen molar-refractivity contribution in [3.63, 3.8) is 0 Å². The maximum absolute atomic E-state index is 15.4. The van der Waals surface area contributed by atoms with Gasteiger partial charge in [-0.15, -0.1) is 0 Å². The third-order valence-corrected chi connectivity index (χ3v) is 10.2. The van der Waals surface area contributed by atoms with Gasteiger partial charge in [-0.1, -0.05) is 23.8 Å². The van der Waals surface area contributed by atoms with Crippen molar-refractivity contribution in [3.8, 4) is 6.01 Å². The number of rotatable bonds is 6. The largest absolute Gasteiger partial charge is 0.461 e. The van der Waals surface area contributed by atoms with Gasteiger partial charge in [0.1, 0.15) is 12.4 Å². The quantitative estimate of drug-likeness (QED) is 0.211. The van der Waals surface area contributed by atoms with Crippen LogP contribution in [0.25, 0.3) is 0 Å². The second-order valence-electron chi connectivity index (χ2n) is 13.5. The van der Waals surface area contributed by atoms with Gasteiger partial charge in [0.2, 0.25) is 0 Å². The second kappa shape index (κ2) is 12.4. The Morgan fingerprint density at radius 1 is 1.20 bits per heavy atom. The Balaban J connectivity index is 1.27. The van der Waals surface area contributed by atoms with Crippen LogP contribution in [0.5, 0.6) is 6.01 Å². The number of carbonyl (C=O) groups excluding carboxylic acids is 1. The average molecular weight is 705 g/mol. The monoisotopic (exact) mass is 704 g/mol. The van der Waals surface area contributed by atoms with Crippen molar-refractivity contribution in [1.82, 2.24) is 29.5 Å². The molecule has 2 unspecified atom stereocenters. The van der Waals surface area contributed by atoms with Crippen LogP contribution in [-0.4, -0.2) is 81.3 Å². The number of alkyl halides is 3. The molecule has 0 radical (unpaired) electrons. The van der Waals surface area contributed by atoms with Gasteiger partial charge in [0.05, 0.1) is 52.5 Å². The van der Waals surface area contributed by atoms with E-state index < -0.39 is 39.9 Å². The topological polar surface area (TPSA) is 115 Å². The summed E-state index contributed by atoms with van der Waals surface area (Å²) in [4.78, 5) is 28.1. The standard InChI is InChI=1S/C33H37ClF4N8O3/c1-18-13-32(6-4-8-45(32)14-18)17-49-31-40-23-12-25(26-27(33(36,37)38)21(34)11-22(39)28(26)35)48-16-20(23)29(41-31)44-7-5-9-46-19(15-44)10-24(42-46)30(47)43(2)3/h10-11,25H,1,4-9,12-17,39H2,2-3H3. The number of carbonyl (C=O) groups is 1. The van der Waals surface area contributed by atoms with E-state index in [0.29, 0.717) is 55.4 Å². The summed E-state index contributed by atoms with van der Waals surface area (Å²) in [7, 11) is 3.32. The van der Waals surface area contributed by atoms with Gasteiger partial charge in [-0.05, 0) is 44.4 Å². The van der Waals surface area contributed by atoms with Crippen molar-refractivity contribution in [2.45, 2.75) is 69.6 Å². The van der Waals surface area contributed by atoms with Crippen LogP contribution < -0.4 is 15.4 Å². The molecule has 2 fully saturated rings. The molecule has 6 heterocycles. The van der Waals surface area contributed by atoms with Crippen LogP contribution in [0, 0.1) is 5.82 Å². The Labute approximate surface area is 285 Å². The van der Waals surface area contributed by atoms with Crippen molar-refractivity contribution >= 4 is 29.0 Å². The normalized spacial score (nSPS) is 22.5. The molecule has 16 heteroatoms. The summed E-state index contributed by atoms with van der Waals surface area (Å²) in [5.74, 6) is -0.960. The van der Waals surface area contributed by atoms with Crippen molar-refractivity contribution in [2.24, 2.45) is 0 Å². The number of hydrogen-bond acceptors (Lipinski definition) is 9. The van der Waals surface area contributed by atoms with E-state index in [2.05, 4.69) is 16.6 Å². The molecule has 2 N–H and O–H groups in total. The molecule has 4 aliphatic rings. The van der Waals surface area contributed by atoms with Gasteiger partial charge < -0.3 is 25.0 Å². The minimum absolute atomic E-state index is 0.0662. The van der Waals surface area contributed by atoms with Crippen LogP contribution >= 0.6 is 11.6 Å². The number of halogens is 5. The van der Waals surface area contributed by atoms with Crippen molar-refractivity contribution in [3.05, 3.63) is 68.9 Å². The summed E-state index contributed by atoms with van der Waals surface area (Å²) >= 11 is 6.00. The first-order valence-corrected chi connectivity index (χ1v) is 16.6. The van der Waals surface area contributed by atoms with E-state index in [1.54, 1.807) is 24.8 Å². The highest BCUT2D eigenvalue weighted by Gasteiger charge is 2.47. The van der Waals surface area contributed by atoms with Gasteiger partial charge in [0.15, 0.2) is 11.5 Å². The highest BCUT2D eigenvalue weighted by atomic mass is 35.5. The fraction of sp³-hybridized carbons (Fsp3) is 0.515. The number of nitrogen functional groups attached to an aromatic ring is 1. The molecule has 2 saturated heterocycles. The van der Waals surface area contributed by atoms with Crippen LogP contribution in [0.1, 0.15) is 70.4 Å². The lowest BCUT2D eigenvalue weighted by atomic mass is 9.93. The number of benzene rings is 1. The number of hydrogen-bond donors (Lipinski definition) is 1. The summed E-state index contributed by atoms with van der Waals surface area (Å²) in [6.45, 7) is 7.51. The molecule has 7 rings (SSSR count). The molecule has 1 aromatic carbocycles. The van der Waals surface area contributed by atoms with Crippen molar-refractivity contribution < 1.29 is 31.8 Å². The summed E-state index contributed by atoms with van der Waals surface area (Å²) < 4.78 is 72.3. The third-order valence-electron chi connectivity index (χ3n) is 9.89. The van der Waals surface area contributed by atoms with Crippen molar-refractivity contribution in [2.75, 3.05) is 51.0 Å². The number of anilines is 2. The zero-order valence-electron chi connectivity index (χ0n) is 27.2. The average Bonchev–Trinajstić information content (AvgIpc) is 3.66. The number of nitrogens with two attached hydrogens (primary N) is 1. The molecular weight excluding hydrogens is 668 g/mol. The molecule has 2 atom stereocenters. The lowest BCUT2D eigenvalue weighted by molar-refractivity contribution is -0.140. The summed E-state index contributed by atoms with van der Waals surface area (Å²) in [6, 6.07) is 2.58. The van der Waals surface area contributed by atoms with E-state index in [9.17, 15) is 18.0 Å². The Bertz CT molecular complexity index is 1830. The Kier molecular flexibility index (Phi) is 8.51. The smallest absolute Gasteiger partial charge is 0.418 e. The van der Waals surface area contributed by atoms with Crippen LogP contribution in [0.2, 0.25) is 5.02 Å². The fourth-order valence-electron chi connectivity index (χ4n) is 7.62. The summed E-state index contributed by atoms with van der Waals surface area (Å²) in [5.41, 5.74) is 6.10. The number of ether oxygens (including phenoxy) is 2. The first-order valence-electron chi connectivity index (χ1n) is 16.2.